The van der Waals surface area contributed by atoms with Gasteiger partial charge in [-0.25, -0.2) is 0 Å². The van der Waals surface area contributed by atoms with Crippen LogP contribution in [0, 0.1) is 0 Å². The zero-order chi connectivity index (χ0) is 59.9. The molecule has 0 aliphatic heterocycles. The second-order valence-electron chi connectivity index (χ2n) is 22.0. The molecule has 0 bridgehead atoms. The molecule has 1 atom stereocenters. The van der Waals surface area contributed by atoms with Gasteiger partial charge < -0.3 is 14.2 Å². The molecule has 0 saturated heterocycles. The average Bonchev–Trinajstić information content (AvgIpc) is 3.49. The predicted octanol–water partition coefficient (Wildman–Crippen LogP) is 23.7. The van der Waals surface area contributed by atoms with E-state index in [1.54, 1.807) is 0 Å². The minimum absolute atomic E-state index is 0.0930. The molecule has 0 aromatic heterocycles. The first-order valence-electron chi connectivity index (χ1n) is 34.0. The summed E-state index contributed by atoms with van der Waals surface area (Å²) < 4.78 is 16.8. The third-order valence-corrected chi connectivity index (χ3v) is 14.0. The fraction of sp³-hybridized carbons (Fsp3) is 0.623. The number of carbonyl (C=O) groups is 3. The summed E-state index contributed by atoms with van der Waals surface area (Å²) in [5, 5.41) is 0. The minimum atomic E-state index is -0.795. The molecule has 0 heterocycles. The van der Waals surface area contributed by atoms with Crippen molar-refractivity contribution in [1.29, 1.82) is 0 Å². The van der Waals surface area contributed by atoms with E-state index in [1.165, 1.54) is 89.9 Å². The van der Waals surface area contributed by atoms with E-state index in [4.69, 9.17) is 14.2 Å². The summed E-state index contributed by atoms with van der Waals surface area (Å²) in [5.74, 6) is -0.938. The molecule has 1 unspecified atom stereocenters. The third-order valence-electron chi connectivity index (χ3n) is 14.0. The maximum Gasteiger partial charge on any atom is 0.306 e. The van der Waals surface area contributed by atoms with Gasteiger partial charge in [-0.05, 0) is 135 Å². The third kappa shape index (κ3) is 67.7. The summed E-state index contributed by atoms with van der Waals surface area (Å²) in [6.07, 6.45) is 102. The molecule has 0 spiro atoms. The summed E-state index contributed by atoms with van der Waals surface area (Å²) in [7, 11) is 0. The van der Waals surface area contributed by atoms with Gasteiger partial charge in [0.05, 0.1) is 0 Å². The molecule has 0 aliphatic carbocycles. The van der Waals surface area contributed by atoms with Gasteiger partial charge >= 0.3 is 17.9 Å². The second-order valence-corrected chi connectivity index (χ2v) is 22.0. The molecule has 468 valence electrons. The summed E-state index contributed by atoms with van der Waals surface area (Å²) in [6.45, 7) is 6.41. The Kier molecular flexibility index (Phi) is 65.4. The largest absolute Gasteiger partial charge is 0.462 e. The first-order chi connectivity index (χ1) is 41.0. The van der Waals surface area contributed by atoms with E-state index in [2.05, 4.69) is 179 Å². The lowest BCUT2D eigenvalue weighted by Crippen LogP contribution is -2.30. The Morgan fingerprint density at radius 1 is 0.253 bits per heavy atom. The van der Waals surface area contributed by atoms with Crippen molar-refractivity contribution < 1.29 is 28.6 Å². The Balaban J connectivity index is 4.14. The van der Waals surface area contributed by atoms with Gasteiger partial charge in [-0.15, -0.1) is 0 Å². The molecular weight excluding hydrogens is 1020 g/mol. The number of unbranched alkanes of at least 4 members (excludes halogenated alkanes) is 23. The van der Waals surface area contributed by atoms with Crippen LogP contribution in [0.2, 0.25) is 0 Å². The predicted molar refractivity (Wildman–Crippen MR) is 362 cm³/mol. The van der Waals surface area contributed by atoms with E-state index < -0.39 is 6.10 Å². The number of rotatable bonds is 60. The summed E-state index contributed by atoms with van der Waals surface area (Å²) in [5.41, 5.74) is 0. The van der Waals surface area contributed by atoms with Crippen molar-refractivity contribution >= 4 is 17.9 Å². The molecular formula is C77H124O6. The highest BCUT2D eigenvalue weighted by Gasteiger charge is 2.19. The van der Waals surface area contributed by atoms with E-state index in [0.29, 0.717) is 19.3 Å². The van der Waals surface area contributed by atoms with Crippen molar-refractivity contribution in [2.24, 2.45) is 0 Å². The van der Waals surface area contributed by atoms with Crippen molar-refractivity contribution in [2.45, 2.75) is 297 Å². The maximum absolute atomic E-state index is 12.8. The lowest BCUT2D eigenvalue weighted by Gasteiger charge is -2.18. The quantitative estimate of drug-likeness (QED) is 0.0261. The number of ether oxygens (including phenoxy) is 3. The van der Waals surface area contributed by atoms with Crippen LogP contribution in [0.1, 0.15) is 290 Å². The fourth-order valence-corrected chi connectivity index (χ4v) is 8.95. The normalized spacial score (nSPS) is 13.1. The monoisotopic (exact) mass is 1140 g/mol. The lowest BCUT2D eigenvalue weighted by atomic mass is 10.0. The number of hydrogen-bond donors (Lipinski definition) is 0. The van der Waals surface area contributed by atoms with Crippen LogP contribution >= 0.6 is 0 Å². The molecule has 0 aromatic rings. The van der Waals surface area contributed by atoms with Crippen molar-refractivity contribution in [3.8, 4) is 0 Å². The number of esters is 3. The van der Waals surface area contributed by atoms with Crippen molar-refractivity contribution in [2.75, 3.05) is 13.2 Å². The highest BCUT2D eigenvalue weighted by atomic mass is 16.6. The van der Waals surface area contributed by atoms with E-state index in [0.717, 1.165) is 161 Å². The smallest absolute Gasteiger partial charge is 0.306 e. The van der Waals surface area contributed by atoms with Gasteiger partial charge in [0.15, 0.2) is 6.10 Å². The van der Waals surface area contributed by atoms with Crippen LogP contribution in [0.25, 0.3) is 0 Å². The lowest BCUT2D eigenvalue weighted by molar-refractivity contribution is -0.167. The molecule has 83 heavy (non-hydrogen) atoms. The molecule has 6 nitrogen and oxygen atoms in total. The Hall–Kier alpha value is -4.97. The van der Waals surface area contributed by atoms with E-state index in [1.807, 2.05) is 0 Å². The highest BCUT2D eigenvalue weighted by molar-refractivity contribution is 5.71. The van der Waals surface area contributed by atoms with Crippen molar-refractivity contribution in [3.63, 3.8) is 0 Å². The van der Waals surface area contributed by atoms with Gasteiger partial charge in [-0.3, -0.25) is 14.4 Å². The first-order valence-corrected chi connectivity index (χ1v) is 34.0. The summed E-state index contributed by atoms with van der Waals surface area (Å²) in [6, 6.07) is 0. The highest BCUT2D eigenvalue weighted by Crippen LogP contribution is 2.15. The van der Waals surface area contributed by atoms with Gasteiger partial charge in [0, 0.05) is 19.3 Å². The van der Waals surface area contributed by atoms with Gasteiger partial charge in [0.1, 0.15) is 13.2 Å². The van der Waals surface area contributed by atoms with Crippen molar-refractivity contribution in [1.82, 2.24) is 0 Å². The average molecular weight is 1150 g/mol. The van der Waals surface area contributed by atoms with Gasteiger partial charge in [-0.1, -0.05) is 294 Å². The van der Waals surface area contributed by atoms with Crippen LogP contribution in [0.4, 0.5) is 0 Å². The number of hydrogen-bond acceptors (Lipinski definition) is 6. The molecule has 0 amide bonds. The fourth-order valence-electron chi connectivity index (χ4n) is 8.95. The number of allylic oxidation sites excluding steroid dienone is 26. The molecule has 0 N–H and O–H groups in total. The summed E-state index contributed by atoms with van der Waals surface area (Å²) in [4.78, 5) is 38.0. The standard InChI is InChI=1S/C77H124O6/c1-4-7-10-13-15-17-19-21-23-25-27-29-31-33-34-35-36-37-38-39-40-41-42-44-45-47-49-51-53-55-57-59-61-64-67-70-76(79)82-73-74(72-81-75(78)69-66-63-12-9-6-3)83-77(80)71-68-65-62-60-58-56-54-52-50-48-46-43-32-30-28-26-24-22-20-18-16-14-11-8-5-2/h7,10,15,17,20-23,26-29,32-34,36-37,39-40,42-44,47,49,53,55,74H,4-6,8-9,11-14,16,18-19,24-25,30-31,35,38,41,45-46,48,50-52,54,56-73H2,1-3H3/b10-7-,17-15-,22-20-,23-21-,28-26-,29-27-,34-33-,37-36-,40-39-,43-32-,44-42-,49-47-,55-53-. The van der Waals surface area contributed by atoms with Crippen molar-refractivity contribution in [3.05, 3.63) is 158 Å². The summed E-state index contributed by atoms with van der Waals surface area (Å²) >= 11 is 0. The Bertz CT molecular complexity index is 1840. The second kappa shape index (κ2) is 69.5. The van der Waals surface area contributed by atoms with Crippen LogP contribution in [0.3, 0.4) is 0 Å². The van der Waals surface area contributed by atoms with Crippen LogP contribution in [-0.2, 0) is 28.6 Å². The molecule has 0 aliphatic rings. The molecule has 0 aromatic carbocycles. The van der Waals surface area contributed by atoms with Gasteiger partial charge in [0.2, 0.25) is 0 Å². The Morgan fingerprint density at radius 3 is 0.735 bits per heavy atom. The molecule has 6 heteroatoms. The topological polar surface area (TPSA) is 78.9 Å². The molecule has 0 rings (SSSR count). The van der Waals surface area contributed by atoms with Crippen LogP contribution in [0.5, 0.6) is 0 Å². The Labute approximate surface area is 511 Å². The maximum atomic E-state index is 12.8. The zero-order valence-corrected chi connectivity index (χ0v) is 53.7. The minimum Gasteiger partial charge on any atom is -0.462 e. The van der Waals surface area contributed by atoms with Crippen LogP contribution in [0.15, 0.2) is 158 Å². The van der Waals surface area contributed by atoms with Gasteiger partial charge in [0.25, 0.3) is 0 Å². The van der Waals surface area contributed by atoms with E-state index in [-0.39, 0.29) is 31.1 Å². The molecule has 0 radical (unpaired) electrons. The SMILES string of the molecule is CC/C=C\C/C=C\C/C=C\C/C=C\C/C=C\C/C=C\C/C=C\C/C=C\C/C=C\C/C=C\CCCCCCC(=O)OCC(COC(=O)CCCCCCC)OC(=O)CCCCCCCCCCCC/C=C\C/C=C\C/C=C\CCCCCCC. The Morgan fingerprint density at radius 2 is 0.470 bits per heavy atom. The molecule has 0 fully saturated rings. The van der Waals surface area contributed by atoms with E-state index in [9.17, 15) is 14.4 Å². The van der Waals surface area contributed by atoms with Crippen LogP contribution < -0.4 is 0 Å². The number of carbonyl (C=O) groups excluding carboxylic acids is 3. The zero-order valence-electron chi connectivity index (χ0n) is 53.7. The van der Waals surface area contributed by atoms with Gasteiger partial charge in [-0.2, -0.15) is 0 Å². The molecule has 0 saturated carbocycles. The van der Waals surface area contributed by atoms with Crippen LogP contribution in [-0.4, -0.2) is 37.2 Å². The van der Waals surface area contributed by atoms with E-state index >= 15 is 0 Å². The first kappa shape index (κ1) is 78.0.